The van der Waals surface area contributed by atoms with Gasteiger partial charge in [-0.15, -0.1) is 0 Å². The van der Waals surface area contributed by atoms with Gasteiger partial charge in [-0.25, -0.2) is 18.3 Å². The Kier molecular flexibility index (Phi) is 5.15. The number of hydrogen-bond donors (Lipinski definition) is 4. The van der Waals surface area contributed by atoms with E-state index in [2.05, 4.69) is 30.5 Å². The maximum absolute atomic E-state index is 13.6. The number of aromatic amines is 1. The lowest BCUT2D eigenvalue weighted by Crippen LogP contribution is -2.28. The average molecular weight is 448 g/mol. The van der Waals surface area contributed by atoms with Gasteiger partial charge in [0, 0.05) is 11.6 Å². The third-order valence-electron chi connectivity index (χ3n) is 4.55. The Bertz CT molecular complexity index is 1320. The molecular formula is C18H16ClF2N9O. The summed E-state index contributed by atoms with van der Waals surface area (Å²) in [7, 11) is 0. The zero-order valence-electron chi connectivity index (χ0n) is 16.0. The van der Waals surface area contributed by atoms with E-state index >= 15 is 0 Å². The van der Waals surface area contributed by atoms with Crippen molar-refractivity contribution in [3.8, 4) is 5.82 Å². The lowest BCUT2D eigenvalue weighted by molar-refractivity contribution is 0.153. The van der Waals surface area contributed by atoms with E-state index in [-0.39, 0.29) is 44.9 Å². The molecule has 160 valence electrons. The van der Waals surface area contributed by atoms with Gasteiger partial charge in [-0.1, -0.05) is 23.7 Å². The van der Waals surface area contributed by atoms with Crippen LogP contribution in [0.25, 0.3) is 16.7 Å². The summed E-state index contributed by atoms with van der Waals surface area (Å²) >= 11 is 6.16. The zero-order valence-corrected chi connectivity index (χ0v) is 16.7. The molecule has 3 aromatic heterocycles. The molecule has 0 bridgehead atoms. The third kappa shape index (κ3) is 3.61. The van der Waals surface area contributed by atoms with Crippen molar-refractivity contribution in [1.29, 1.82) is 0 Å². The van der Waals surface area contributed by atoms with E-state index in [0.717, 1.165) is 0 Å². The van der Waals surface area contributed by atoms with Gasteiger partial charge in [-0.3, -0.25) is 9.89 Å². The first kappa shape index (κ1) is 20.5. The summed E-state index contributed by atoms with van der Waals surface area (Å²) in [4.78, 5) is 25.4. The molecule has 0 spiro atoms. The highest BCUT2D eigenvalue weighted by Gasteiger charge is 2.23. The van der Waals surface area contributed by atoms with E-state index in [9.17, 15) is 13.6 Å². The molecular weight excluding hydrogens is 432 g/mol. The second-order valence-electron chi connectivity index (χ2n) is 6.59. The number of benzene rings is 1. The van der Waals surface area contributed by atoms with Gasteiger partial charge < -0.3 is 16.8 Å². The van der Waals surface area contributed by atoms with E-state index < -0.39 is 18.0 Å². The quantitative estimate of drug-likeness (QED) is 0.364. The summed E-state index contributed by atoms with van der Waals surface area (Å²) in [5.74, 6) is 0.363. The van der Waals surface area contributed by atoms with Crippen LogP contribution in [-0.2, 0) is 0 Å². The largest absolute Gasteiger partial charge is 0.382 e. The van der Waals surface area contributed by atoms with Crippen LogP contribution in [0.15, 0.2) is 35.3 Å². The van der Waals surface area contributed by atoms with E-state index in [1.165, 1.54) is 29.0 Å². The standard InChI is InChI=1S/C18H16ClF2N9O/c1-7(25-15-11(19)14(22)27-18(23)28-15)16-26-12-8(13(20)21)3-2-4-9(12)17(31)30(16)10-5-6-24-29-10/h2-7,13H,1H3,(H,24,29)(H5,22,23,25,27,28). The number of nitrogens with one attached hydrogen (secondary N) is 2. The molecule has 0 fully saturated rings. The number of nitrogens with zero attached hydrogens (tertiary/aromatic N) is 5. The highest BCUT2D eigenvalue weighted by Crippen LogP contribution is 2.30. The van der Waals surface area contributed by atoms with Crippen LogP contribution in [0.1, 0.15) is 30.8 Å². The highest BCUT2D eigenvalue weighted by atomic mass is 35.5. The number of nitrogens with two attached hydrogens (primary N) is 2. The van der Waals surface area contributed by atoms with E-state index in [4.69, 9.17) is 23.1 Å². The average Bonchev–Trinajstić information content (AvgIpc) is 3.25. The van der Waals surface area contributed by atoms with Crippen LogP contribution in [0.5, 0.6) is 0 Å². The second kappa shape index (κ2) is 7.80. The molecule has 0 aliphatic carbocycles. The number of anilines is 3. The second-order valence-corrected chi connectivity index (χ2v) is 6.97. The topological polar surface area (TPSA) is 153 Å². The fraction of sp³-hybridized carbons (Fsp3) is 0.167. The Morgan fingerprint density at radius 1 is 1.19 bits per heavy atom. The Balaban J connectivity index is 1.94. The van der Waals surface area contributed by atoms with Gasteiger partial charge in [0.15, 0.2) is 5.82 Å². The summed E-state index contributed by atoms with van der Waals surface area (Å²) in [5, 5.41) is 9.57. The normalized spacial score (nSPS) is 12.4. The van der Waals surface area contributed by atoms with Crippen LogP contribution >= 0.6 is 11.6 Å². The minimum Gasteiger partial charge on any atom is -0.382 e. The van der Waals surface area contributed by atoms with Crippen molar-refractivity contribution in [2.75, 3.05) is 16.8 Å². The molecule has 4 aromatic rings. The molecule has 6 N–H and O–H groups in total. The number of rotatable bonds is 5. The van der Waals surface area contributed by atoms with Gasteiger partial charge in [-0.05, 0) is 13.0 Å². The number of para-hydroxylation sites is 1. The molecule has 1 unspecified atom stereocenters. The van der Waals surface area contributed by atoms with Gasteiger partial charge in [0.2, 0.25) is 5.95 Å². The number of halogens is 3. The van der Waals surface area contributed by atoms with Gasteiger partial charge in [-0.2, -0.15) is 15.1 Å². The molecule has 31 heavy (non-hydrogen) atoms. The van der Waals surface area contributed by atoms with Crippen LogP contribution in [0.4, 0.5) is 26.4 Å². The monoisotopic (exact) mass is 447 g/mol. The van der Waals surface area contributed by atoms with Crippen LogP contribution in [0, 0.1) is 0 Å². The van der Waals surface area contributed by atoms with Crippen molar-refractivity contribution in [2.24, 2.45) is 0 Å². The molecule has 1 atom stereocenters. The summed E-state index contributed by atoms with van der Waals surface area (Å²) in [5.41, 5.74) is 10.4. The molecule has 0 saturated carbocycles. The SMILES string of the molecule is CC(Nc1nc(N)nc(N)c1Cl)c1nc2c(C(F)F)cccc2c(=O)n1-c1ccn[nH]1. The van der Waals surface area contributed by atoms with E-state index in [0.29, 0.717) is 5.82 Å². The number of nitrogen functional groups attached to an aromatic ring is 2. The molecule has 3 heterocycles. The zero-order chi connectivity index (χ0) is 22.3. The first-order chi connectivity index (χ1) is 14.8. The number of alkyl halides is 2. The predicted octanol–water partition coefficient (Wildman–Crippen LogP) is 2.83. The van der Waals surface area contributed by atoms with Gasteiger partial charge in [0.25, 0.3) is 12.0 Å². The van der Waals surface area contributed by atoms with E-state index in [1.807, 2.05) is 0 Å². The van der Waals surface area contributed by atoms with Crippen molar-refractivity contribution in [3.63, 3.8) is 0 Å². The molecule has 4 rings (SSSR count). The summed E-state index contributed by atoms with van der Waals surface area (Å²) in [6.07, 6.45) is -1.36. The summed E-state index contributed by atoms with van der Waals surface area (Å²) in [6, 6.07) is 4.86. The molecule has 0 aliphatic heterocycles. The first-order valence-corrected chi connectivity index (χ1v) is 9.34. The highest BCUT2D eigenvalue weighted by molar-refractivity contribution is 6.35. The lowest BCUT2D eigenvalue weighted by Gasteiger charge is -2.20. The number of hydrogen-bond acceptors (Lipinski definition) is 8. The first-order valence-electron chi connectivity index (χ1n) is 8.96. The maximum atomic E-state index is 13.6. The number of H-pyrrole nitrogens is 1. The van der Waals surface area contributed by atoms with Crippen LogP contribution in [0.3, 0.4) is 0 Å². The Hall–Kier alpha value is -3.80. The predicted molar refractivity (Wildman–Crippen MR) is 112 cm³/mol. The molecule has 1 aromatic carbocycles. The lowest BCUT2D eigenvalue weighted by atomic mass is 10.1. The number of aromatic nitrogens is 6. The maximum Gasteiger partial charge on any atom is 0.267 e. The Morgan fingerprint density at radius 3 is 2.65 bits per heavy atom. The molecule has 13 heteroatoms. The Morgan fingerprint density at radius 2 is 1.97 bits per heavy atom. The summed E-state index contributed by atoms with van der Waals surface area (Å²) in [6.45, 7) is 1.65. The minimum absolute atomic E-state index is 0.0190. The van der Waals surface area contributed by atoms with Gasteiger partial charge in [0.1, 0.15) is 22.5 Å². The van der Waals surface area contributed by atoms with Crippen LogP contribution < -0.4 is 22.3 Å². The Labute approximate surface area is 178 Å². The van der Waals surface area contributed by atoms with Crippen molar-refractivity contribution in [3.05, 3.63) is 57.2 Å². The minimum atomic E-state index is -2.81. The fourth-order valence-corrected chi connectivity index (χ4v) is 3.31. The van der Waals surface area contributed by atoms with E-state index in [1.54, 1.807) is 13.0 Å². The molecule has 10 nitrogen and oxygen atoms in total. The fourth-order valence-electron chi connectivity index (χ4n) is 3.17. The van der Waals surface area contributed by atoms with Crippen molar-refractivity contribution >= 4 is 40.1 Å². The van der Waals surface area contributed by atoms with Gasteiger partial charge in [0.05, 0.1) is 23.1 Å². The van der Waals surface area contributed by atoms with Gasteiger partial charge >= 0.3 is 0 Å². The van der Waals surface area contributed by atoms with Crippen molar-refractivity contribution in [2.45, 2.75) is 19.4 Å². The smallest absolute Gasteiger partial charge is 0.267 e. The molecule has 0 radical (unpaired) electrons. The third-order valence-corrected chi connectivity index (χ3v) is 4.93. The van der Waals surface area contributed by atoms with Crippen molar-refractivity contribution in [1.82, 2.24) is 29.7 Å². The molecule has 0 aliphatic rings. The summed E-state index contributed by atoms with van der Waals surface area (Å²) < 4.78 is 28.4. The van der Waals surface area contributed by atoms with Crippen molar-refractivity contribution < 1.29 is 8.78 Å². The molecule has 0 amide bonds. The molecule has 0 saturated heterocycles. The number of fused-ring (bicyclic) bond motifs is 1. The van der Waals surface area contributed by atoms with Crippen LogP contribution in [0.2, 0.25) is 5.02 Å². The van der Waals surface area contributed by atoms with Crippen LogP contribution in [-0.4, -0.2) is 29.7 Å².